The lowest BCUT2D eigenvalue weighted by molar-refractivity contribution is 0.0938. The van der Waals surface area contributed by atoms with Crippen molar-refractivity contribution in [3.8, 4) is 0 Å². The fraction of sp³-hybridized carbons (Fsp3) is 0.143. The van der Waals surface area contributed by atoms with Crippen molar-refractivity contribution in [1.82, 2.24) is 40.0 Å². The Balaban J connectivity index is 1.60. The van der Waals surface area contributed by atoms with Gasteiger partial charge in [-0.3, -0.25) is 9.20 Å². The number of rotatable bonds is 3. The van der Waals surface area contributed by atoms with Crippen LogP contribution in [0, 0.1) is 0 Å². The highest BCUT2D eigenvalue weighted by atomic mass is 16.1. The van der Waals surface area contributed by atoms with Gasteiger partial charge < -0.3 is 5.32 Å². The predicted octanol–water partition coefficient (Wildman–Crippen LogP) is 0.658. The molecule has 4 rings (SSSR count). The average Bonchev–Trinajstić information content (AvgIpc) is 3.20. The Bertz CT molecular complexity index is 1000. The number of tetrazole rings is 1. The number of fused-ring (bicyclic) bond motifs is 2. The smallest absolute Gasteiger partial charge is 0.252 e. The van der Waals surface area contributed by atoms with E-state index in [0.717, 1.165) is 5.65 Å². The van der Waals surface area contributed by atoms with Crippen LogP contribution in [0.15, 0.2) is 42.7 Å². The van der Waals surface area contributed by atoms with Gasteiger partial charge in [-0.1, -0.05) is 6.07 Å². The van der Waals surface area contributed by atoms with Crippen LogP contribution in [0.3, 0.4) is 0 Å². The molecule has 0 aliphatic carbocycles. The fourth-order valence-electron chi connectivity index (χ4n) is 2.38. The van der Waals surface area contributed by atoms with Gasteiger partial charge >= 0.3 is 0 Å². The van der Waals surface area contributed by atoms with Gasteiger partial charge in [-0.25, -0.2) is 4.52 Å². The normalized spacial score (nSPS) is 12.6. The van der Waals surface area contributed by atoms with Gasteiger partial charge in [0.05, 0.1) is 6.04 Å². The lowest BCUT2D eigenvalue weighted by Gasteiger charge is -2.12. The largest absolute Gasteiger partial charge is 0.342 e. The summed E-state index contributed by atoms with van der Waals surface area (Å²) in [4.78, 5) is 12.4. The summed E-state index contributed by atoms with van der Waals surface area (Å²) in [6.07, 6.45) is 3.50. The molecular formula is C14H12N8O. The van der Waals surface area contributed by atoms with Crippen LogP contribution in [0.4, 0.5) is 0 Å². The van der Waals surface area contributed by atoms with Crippen molar-refractivity contribution >= 4 is 17.2 Å². The third-order valence-corrected chi connectivity index (χ3v) is 3.54. The standard InChI is InChI=1S/C14H12N8O/c1-9(13-18-16-11-4-2-3-6-21(11)13)15-14(23)10-5-7-22-12(8-10)17-19-20-22/h2-9H,1H3,(H,15,23)/t9-/m0/s1. The minimum absolute atomic E-state index is 0.226. The summed E-state index contributed by atoms with van der Waals surface area (Å²) in [6, 6.07) is 8.63. The Morgan fingerprint density at radius 1 is 1.13 bits per heavy atom. The molecule has 4 aromatic rings. The summed E-state index contributed by atoms with van der Waals surface area (Å²) < 4.78 is 3.34. The number of hydrogen-bond donors (Lipinski definition) is 1. The monoisotopic (exact) mass is 308 g/mol. The van der Waals surface area contributed by atoms with Gasteiger partial charge in [0.2, 0.25) is 0 Å². The molecule has 9 nitrogen and oxygen atoms in total. The summed E-state index contributed by atoms with van der Waals surface area (Å²) in [5, 5.41) is 22.3. The zero-order chi connectivity index (χ0) is 15.8. The van der Waals surface area contributed by atoms with Crippen molar-refractivity contribution in [2.75, 3.05) is 0 Å². The molecule has 1 amide bonds. The van der Waals surface area contributed by atoms with Gasteiger partial charge in [0, 0.05) is 18.0 Å². The van der Waals surface area contributed by atoms with Crippen molar-refractivity contribution < 1.29 is 4.79 Å². The third kappa shape index (κ3) is 2.27. The van der Waals surface area contributed by atoms with Crippen molar-refractivity contribution in [1.29, 1.82) is 0 Å². The molecule has 114 valence electrons. The number of amides is 1. The van der Waals surface area contributed by atoms with Gasteiger partial charge in [-0.05, 0) is 41.6 Å². The number of carbonyl (C=O) groups excluding carboxylic acids is 1. The highest BCUT2D eigenvalue weighted by molar-refractivity contribution is 5.95. The Morgan fingerprint density at radius 2 is 2.04 bits per heavy atom. The van der Waals surface area contributed by atoms with Crippen LogP contribution in [0.2, 0.25) is 0 Å². The molecule has 0 aromatic carbocycles. The van der Waals surface area contributed by atoms with Crippen LogP contribution in [0.1, 0.15) is 29.1 Å². The molecule has 0 saturated heterocycles. The van der Waals surface area contributed by atoms with E-state index >= 15 is 0 Å². The van der Waals surface area contributed by atoms with E-state index in [1.54, 1.807) is 18.3 Å². The Labute approximate surface area is 130 Å². The van der Waals surface area contributed by atoms with E-state index in [-0.39, 0.29) is 11.9 Å². The SMILES string of the molecule is C[C@H](NC(=O)c1ccn2nnnc2c1)c1nnc2ccccn12. The molecule has 0 aliphatic rings. The molecule has 0 spiro atoms. The fourth-order valence-corrected chi connectivity index (χ4v) is 2.38. The van der Waals surface area contributed by atoms with Crippen LogP contribution in [0.25, 0.3) is 11.3 Å². The van der Waals surface area contributed by atoms with Gasteiger partial charge in [0.1, 0.15) is 0 Å². The maximum Gasteiger partial charge on any atom is 0.252 e. The quantitative estimate of drug-likeness (QED) is 0.596. The molecular weight excluding hydrogens is 296 g/mol. The van der Waals surface area contributed by atoms with Crippen LogP contribution in [-0.2, 0) is 0 Å². The van der Waals surface area contributed by atoms with Crippen molar-refractivity contribution in [3.63, 3.8) is 0 Å². The third-order valence-electron chi connectivity index (χ3n) is 3.54. The van der Waals surface area contributed by atoms with Gasteiger partial charge in [0.15, 0.2) is 17.1 Å². The Hall–Kier alpha value is -3.36. The maximum absolute atomic E-state index is 12.4. The van der Waals surface area contributed by atoms with E-state index in [2.05, 4.69) is 31.0 Å². The zero-order valence-corrected chi connectivity index (χ0v) is 12.2. The summed E-state index contributed by atoms with van der Waals surface area (Å²) in [7, 11) is 0. The van der Waals surface area contributed by atoms with E-state index in [1.165, 1.54) is 4.52 Å². The van der Waals surface area contributed by atoms with Crippen LogP contribution >= 0.6 is 0 Å². The Kier molecular flexibility index (Phi) is 2.97. The number of nitrogens with zero attached hydrogens (tertiary/aromatic N) is 7. The van der Waals surface area contributed by atoms with E-state index < -0.39 is 0 Å². The van der Waals surface area contributed by atoms with Crippen LogP contribution in [0.5, 0.6) is 0 Å². The van der Waals surface area contributed by atoms with Gasteiger partial charge in [-0.15, -0.1) is 15.3 Å². The molecule has 4 aromatic heterocycles. The molecule has 0 fully saturated rings. The van der Waals surface area contributed by atoms with E-state index in [0.29, 0.717) is 17.0 Å². The minimum atomic E-state index is -0.299. The number of nitrogens with one attached hydrogen (secondary N) is 1. The molecule has 0 radical (unpaired) electrons. The molecule has 9 heteroatoms. The first kappa shape index (κ1) is 13.3. The molecule has 0 unspecified atom stereocenters. The molecule has 1 atom stereocenters. The van der Waals surface area contributed by atoms with E-state index in [1.807, 2.05) is 35.7 Å². The Morgan fingerprint density at radius 3 is 2.96 bits per heavy atom. The minimum Gasteiger partial charge on any atom is -0.342 e. The van der Waals surface area contributed by atoms with Crippen LogP contribution in [-0.4, -0.2) is 40.5 Å². The highest BCUT2D eigenvalue weighted by Crippen LogP contribution is 2.13. The number of pyridine rings is 2. The van der Waals surface area contributed by atoms with Gasteiger partial charge in [-0.2, -0.15) is 0 Å². The van der Waals surface area contributed by atoms with Gasteiger partial charge in [0.25, 0.3) is 5.91 Å². The molecule has 4 heterocycles. The first-order chi connectivity index (χ1) is 11.2. The summed E-state index contributed by atoms with van der Waals surface area (Å²) in [5.74, 6) is 0.440. The van der Waals surface area contributed by atoms with Crippen molar-refractivity contribution in [2.24, 2.45) is 0 Å². The molecule has 0 aliphatic heterocycles. The van der Waals surface area contributed by atoms with Crippen LogP contribution < -0.4 is 5.32 Å². The van der Waals surface area contributed by atoms with E-state index in [4.69, 9.17) is 0 Å². The summed E-state index contributed by atoms with van der Waals surface area (Å²) in [5.41, 5.74) is 1.73. The molecule has 0 saturated carbocycles. The first-order valence-electron chi connectivity index (χ1n) is 7.00. The number of aromatic nitrogens is 7. The molecule has 0 bridgehead atoms. The average molecular weight is 308 g/mol. The second-order valence-electron chi connectivity index (χ2n) is 5.08. The van der Waals surface area contributed by atoms with Crippen molar-refractivity contribution in [2.45, 2.75) is 13.0 Å². The number of carbonyl (C=O) groups is 1. The molecule has 23 heavy (non-hydrogen) atoms. The number of hydrogen-bond acceptors (Lipinski definition) is 6. The summed E-state index contributed by atoms with van der Waals surface area (Å²) >= 11 is 0. The molecule has 1 N–H and O–H groups in total. The highest BCUT2D eigenvalue weighted by Gasteiger charge is 2.17. The zero-order valence-electron chi connectivity index (χ0n) is 12.2. The second-order valence-corrected chi connectivity index (χ2v) is 5.08. The topological polar surface area (TPSA) is 102 Å². The summed E-state index contributed by atoms with van der Waals surface area (Å²) in [6.45, 7) is 1.86. The lowest BCUT2D eigenvalue weighted by Crippen LogP contribution is -2.28. The predicted molar refractivity (Wildman–Crippen MR) is 79.7 cm³/mol. The van der Waals surface area contributed by atoms with E-state index in [9.17, 15) is 4.79 Å². The van der Waals surface area contributed by atoms with Crippen molar-refractivity contribution in [3.05, 3.63) is 54.1 Å². The maximum atomic E-state index is 12.4. The first-order valence-corrected chi connectivity index (χ1v) is 7.00. The lowest BCUT2D eigenvalue weighted by atomic mass is 10.2. The second kappa shape index (κ2) is 5.13.